The summed E-state index contributed by atoms with van der Waals surface area (Å²) in [7, 11) is 0. The Morgan fingerprint density at radius 3 is 2.62 bits per heavy atom. The van der Waals surface area contributed by atoms with Crippen molar-refractivity contribution in [3.05, 3.63) is 29.3 Å². The Bertz CT molecular complexity index is 430. The first-order chi connectivity index (χ1) is 7.49. The summed E-state index contributed by atoms with van der Waals surface area (Å²) in [6.07, 6.45) is 2.19. The van der Waals surface area contributed by atoms with Gasteiger partial charge in [-0.25, -0.2) is 0 Å². The van der Waals surface area contributed by atoms with Gasteiger partial charge >= 0.3 is 0 Å². The molecule has 2 nitrogen and oxygen atoms in total. The average molecular weight is 218 g/mol. The van der Waals surface area contributed by atoms with Crippen molar-refractivity contribution in [2.75, 3.05) is 6.61 Å². The molecule has 86 valence electrons. The molecule has 1 unspecified atom stereocenters. The van der Waals surface area contributed by atoms with E-state index in [1.165, 1.54) is 11.1 Å². The van der Waals surface area contributed by atoms with E-state index in [0.29, 0.717) is 0 Å². The van der Waals surface area contributed by atoms with Gasteiger partial charge in [0.1, 0.15) is 17.0 Å². The fourth-order valence-corrected chi connectivity index (χ4v) is 2.26. The first-order valence-corrected chi connectivity index (χ1v) is 5.95. The van der Waals surface area contributed by atoms with Crippen LogP contribution < -0.4 is 4.74 Å². The molecule has 2 aliphatic rings. The quantitative estimate of drug-likeness (QED) is 0.676. The van der Waals surface area contributed by atoms with E-state index in [2.05, 4.69) is 39.0 Å². The summed E-state index contributed by atoms with van der Waals surface area (Å²) in [5, 5.41) is 0. The predicted octanol–water partition coefficient (Wildman–Crippen LogP) is 3.04. The Morgan fingerprint density at radius 1 is 1.19 bits per heavy atom. The number of hydrogen-bond donors (Lipinski definition) is 0. The lowest BCUT2D eigenvalue weighted by molar-refractivity contribution is 0.0846. The van der Waals surface area contributed by atoms with Crippen molar-refractivity contribution < 1.29 is 9.47 Å². The maximum Gasteiger partial charge on any atom is 0.123 e. The Kier molecular flexibility index (Phi) is 1.91. The first-order valence-electron chi connectivity index (χ1n) is 5.95. The molecule has 0 spiro atoms. The second-order valence-corrected chi connectivity index (χ2v) is 5.70. The lowest BCUT2D eigenvalue weighted by atomic mass is 9.91. The summed E-state index contributed by atoms with van der Waals surface area (Å²) in [4.78, 5) is 0. The van der Waals surface area contributed by atoms with Crippen molar-refractivity contribution in [3.8, 4) is 5.75 Å². The lowest BCUT2D eigenvalue weighted by Gasteiger charge is -2.32. The van der Waals surface area contributed by atoms with Crippen LogP contribution >= 0.6 is 0 Å². The van der Waals surface area contributed by atoms with Crippen molar-refractivity contribution in [2.45, 2.75) is 44.8 Å². The van der Waals surface area contributed by atoms with Crippen LogP contribution in [0.25, 0.3) is 0 Å². The first kappa shape index (κ1) is 10.2. The summed E-state index contributed by atoms with van der Waals surface area (Å²) in [6.45, 7) is 7.28. The molecule has 0 N–H and O–H groups in total. The van der Waals surface area contributed by atoms with E-state index < -0.39 is 0 Å². The van der Waals surface area contributed by atoms with Crippen LogP contribution in [0.15, 0.2) is 18.2 Å². The van der Waals surface area contributed by atoms with Crippen molar-refractivity contribution in [3.63, 3.8) is 0 Å². The summed E-state index contributed by atoms with van der Waals surface area (Å²) < 4.78 is 11.4. The minimum Gasteiger partial charge on any atom is -0.488 e. The van der Waals surface area contributed by atoms with E-state index in [1.54, 1.807) is 0 Å². The maximum absolute atomic E-state index is 5.97. The molecule has 0 amide bonds. The highest BCUT2D eigenvalue weighted by molar-refractivity contribution is 5.42. The highest BCUT2D eigenvalue weighted by Crippen LogP contribution is 2.41. The summed E-state index contributed by atoms with van der Waals surface area (Å²) in [5.41, 5.74) is 2.57. The molecular weight excluding hydrogens is 200 g/mol. The van der Waals surface area contributed by atoms with Crippen molar-refractivity contribution in [1.82, 2.24) is 0 Å². The molecule has 2 heterocycles. The standard InChI is InChI=1S/C14H18O2/c1-13(2)7-6-10-8-11(14(3)9-15-14)4-5-12(10)16-13/h4-5,8H,6-7,9H2,1-3H3. The van der Waals surface area contributed by atoms with Crippen LogP contribution in [0.4, 0.5) is 0 Å². The van der Waals surface area contributed by atoms with Crippen LogP contribution in [0.1, 0.15) is 38.3 Å². The molecule has 0 bridgehead atoms. The molecule has 0 radical (unpaired) electrons. The number of aryl methyl sites for hydroxylation is 1. The minimum absolute atomic E-state index is 0.0193. The second kappa shape index (κ2) is 3.01. The molecule has 3 rings (SSSR count). The van der Waals surface area contributed by atoms with Crippen molar-refractivity contribution >= 4 is 0 Å². The lowest BCUT2D eigenvalue weighted by Crippen LogP contribution is -2.32. The van der Waals surface area contributed by atoms with Crippen LogP contribution in [-0.2, 0) is 16.8 Å². The van der Waals surface area contributed by atoms with Gasteiger partial charge in [-0.2, -0.15) is 0 Å². The fourth-order valence-electron chi connectivity index (χ4n) is 2.26. The second-order valence-electron chi connectivity index (χ2n) is 5.70. The summed E-state index contributed by atoms with van der Waals surface area (Å²) >= 11 is 0. The molecule has 16 heavy (non-hydrogen) atoms. The molecule has 0 aromatic heterocycles. The van der Waals surface area contributed by atoms with Crippen molar-refractivity contribution in [1.29, 1.82) is 0 Å². The third-order valence-electron chi connectivity index (χ3n) is 3.63. The molecule has 1 fully saturated rings. The molecule has 2 heteroatoms. The molecule has 2 aliphatic heterocycles. The Labute approximate surface area is 96.6 Å². The normalized spacial score (nSPS) is 30.4. The Hall–Kier alpha value is -1.02. The van der Waals surface area contributed by atoms with Gasteiger partial charge in [0.2, 0.25) is 0 Å². The van der Waals surface area contributed by atoms with E-state index in [0.717, 1.165) is 25.2 Å². The highest BCUT2D eigenvalue weighted by atomic mass is 16.6. The zero-order valence-electron chi connectivity index (χ0n) is 10.2. The number of rotatable bonds is 1. The van der Waals surface area contributed by atoms with Gasteiger partial charge in [0.25, 0.3) is 0 Å². The van der Waals surface area contributed by atoms with E-state index >= 15 is 0 Å². The predicted molar refractivity (Wildman–Crippen MR) is 62.8 cm³/mol. The third kappa shape index (κ3) is 1.61. The van der Waals surface area contributed by atoms with Gasteiger partial charge in [0.05, 0.1) is 6.61 Å². The zero-order valence-corrected chi connectivity index (χ0v) is 10.2. The number of epoxide rings is 1. The van der Waals surface area contributed by atoms with Gasteiger partial charge in [-0.05, 0) is 56.9 Å². The third-order valence-corrected chi connectivity index (χ3v) is 3.63. The number of hydrogen-bond acceptors (Lipinski definition) is 2. The summed E-state index contributed by atoms with van der Waals surface area (Å²) in [6, 6.07) is 6.48. The molecule has 1 saturated heterocycles. The van der Waals surface area contributed by atoms with Crippen molar-refractivity contribution in [2.24, 2.45) is 0 Å². The maximum atomic E-state index is 5.97. The van der Waals surface area contributed by atoms with E-state index in [4.69, 9.17) is 9.47 Å². The average Bonchev–Trinajstić information content (AvgIpc) is 2.96. The molecular formula is C14H18O2. The highest BCUT2D eigenvalue weighted by Gasteiger charge is 2.41. The van der Waals surface area contributed by atoms with Gasteiger partial charge < -0.3 is 9.47 Å². The molecule has 1 aromatic rings. The van der Waals surface area contributed by atoms with Crippen LogP contribution in [0, 0.1) is 0 Å². The number of ether oxygens (including phenoxy) is 2. The monoisotopic (exact) mass is 218 g/mol. The molecule has 1 aromatic carbocycles. The van der Waals surface area contributed by atoms with Gasteiger partial charge in [0, 0.05) is 0 Å². The molecule has 0 aliphatic carbocycles. The number of fused-ring (bicyclic) bond motifs is 1. The topological polar surface area (TPSA) is 21.8 Å². The van der Waals surface area contributed by atoms with E-state index in [1.807, 2.05) is 0 Å². The van der Waals surface area contributed by atoms with Gasteiger partial charge in [-0.3, -0.25) is 0 Å². The van der Waals surface area contributed by atoms with Crippen LogP contribution in [0.2, 0.25) is 0 Å². The van der Waals surface area contributed by atoms with Crippen LogP contribution in [0.3, 0.4) is 0 Å². The number of benzene rings is 1. The zero-order chi connectivity index (χ0) is 11.4. The molecule has 1 atom stereocenters. The Morgan fingerprint density at radius 2 is 1.94 bits per heavy atom. The van der Waals surface area contributed by atoms with E-state index in [9.17, 15) is 0 Å². The largest absolute Gasteiger partial charge is 0.488 e. The Balaban J connectivity index is 1.95. The van der Waals surface area contributed by atoms with Crippen LogP contribution in [-0.4, -0.2) is 12.2 Å². The minimum atomic E-state index is -0.0258. The molecule has 0 saturated carbocycles. The summed E-state index contributed by atoms with van der Waals surface area (Å²) in [5.74, 6) is 1.05. The van der Waals surface area contributed by atoms with Gasteiger partial charge in [0.15, 0.2) is 0 Å². The van der Waals surface area contributed by atoms with Gasteiger partial charge in [-0.1, -0.05) is 6.07 Å². The van der Waals surface area contributed by atoms with E-state index in [-0.39, 0.29) is 11.2 Å². The van der Waals surface area contributed by atoms with Gasteiger partial charge in [-0.15, -0.1) is 0 Å². The van der Waals surface area contributed by atoms with Crippen LogP contribution in [0.5, 0.6) is 5.75 Å². The smallest absolute Gasteiger partial charge is 0.123 e. The fraction of sp³-hybridized carbons (Fsp3) is 0.571. The SMILES string of the molecule is CC1(C)CCc2cc(C3(C)CO3)ccc2O1.